The third kappa shape index (κ3) is 7.88. The van der Waals surface area contributed by atoms with E-state index in [4.69, 9.17) is 9.47 Å². The Morgan fingerprint density at radius 3 is 2.21 bits per heavy atom. The van der Waals surface area contributed by atoms with E-state index >= 15 is 0 Å². The van der Waals surface area contributed by atoms with Crippen LogP contribution in [0.25, 0.3) is 0 Å². The number of carbonyl (C=O) groups is 2. The molecular weight excluding hydrogens is 634 g/mol. The van der Waals surface area contributed by atoms with Crippen molar-refractivity contribution in [3.63, 3.8) is 0 Å². The highest BCUT2D eigenvalue weighted by Gasteiger charge is 2.33. The molecule has 0 heterocycles. The van der Waals surface area contributed by atoms with Crippen LogP contribution in [0.5, 0.6) is 11.5 Å². The number of aryl methyl sites for hydroxylation is 1. The Labute approximate surface area is 262 Å². The molecule has 0 unspecified atom stereocenters. The van der Waals surface area contributed by atoms with E-state index in [1.54, 1.807) is 56.5 Å². The van der Waals surface area contributed by atoms with Crippen molar-refractivity contribution in [3.05, 3.63) is 82.3 Å². The number of benzene rings is 3. The third-order valence-electron chi connectivity index (χ3n) is 7.69. The molecule has 1 saturated carbocycles. The van der Waals surface area contributed by atoms with Crippen molar-refractivity contribution >= 4 is 43.5 Å². The fraction of sp³-hybridized carbons (Fsp3) is 0.375. The molecule has 1 N–H and O–H groups in total. The number of nitrogens with zero attached hydrogens (tertiary/aromatic N) is 2. The van der Waals surface area contributed by atoms with Gasteiger partial charge in [0.1, 0.15) is 24.1 Å². The van der Waals surface area contributed by atoms with E-state index in [1.807, 2.05) is 19.1 Å². The summed E-state index contributed by atoms with van der Waals surface area (Å²) < 4.78 is 40.3. The molecule has 0 saturated heterocycles. The summed E-state index contributed by atoms with van der Waals surface area (Å²) in [6, 6.07) is 17.8. The van der Waals surface area contributed by atoms with Gasteiger partial charge in [0.15, 0.2) is 0 Å². The second-order valence-electron chi connectivity index (χ2n) is 10.7. The average molecular weight is 673 g/mol. The number of methoxy groups -OCH3 is 2. The van der Waals surface area contributed by atoms with Crippen LogP contribution < -0.4 is 19.1 Å². The molecule has 3 aromatic rings. The van der Waals surface area contributed by atoms with Gasteiger partial charge in [0.25, 0.3) is 10.0 Å². The highest BCUT2D eigenvalue weighted by Crippen LogP contribution is 2.31. The van der Waals surface area contributed by atoms with Crippen molar-refractivity contribution in [1.29, 1.82) is 0 Å². The van der Waals surface area contributed by atoms with Crippen LogP contribution in [0.2, 0.25) is 0 Å². The normalized spacial score (nSPS) is 14.2. The topological polar surface area (TPSA) is 105 Å². The molecule has 11 heteroatoms. The molecule has 2 amide bonds. The summed E-state index contributed by atoms with van der Waals surface area (Å²) in [7, 11) is -1.14. The van der Waals surface area contributed by atoms with E-state index in [9.17, 15) is 18.0 Å². The van der Waals surface area contributed by atoms with Crippen LogP contribution >= 0.6 is 15.9 Å². The van der Waals surface area contributed by atoms with Crippen molar-refractivity contribution in [1.82, 2.24) is 10.2 Å². The van der Waals surface area contributed by atoms with E-state index in [0.29, 0.717) is 21.7 Å². The van der Waals surface area contributed by atoms with E-state index in [-0.39, 0.29) is 23.4 Å². The molecule has 1 atom stereocenters. The van der Waals surface area contributed by atoms with Gasteiger partial charge in [-0.05, 0) is 90.6 Å². The average Bonchev–Trinajstić information content (AvgIpc) is 3.52. The summed E-state index contributed by atoms with van der Waals surface area (Å²) in [4.78, 5) is 28.9. The number of nitrogens with one attached hydrogen (secondary N) is 1. The Balaban J connectivity index is 1.69. The number of carbonyl (C=O) groups excluding carboxylic acids is 2. The molecule has 1 aliphatic carbocycles. The summed E-state index contributed by atoms with van der Waals surface area (Å²) >= 11 is 3.37. The monoisotopic (exact) mass is 671 g/mol. The summed E-state index contributed by atoms with van der Waals surface area (Å²) in [5.41, 5.74) is 2.05. The minimum Gasteiger partial charge on any atom is -0.497 e. The molecule has 3 aromatic carbocycles. The van der Waals surface area contributed by atoms with E-state index < -0.39 is 28.5 Å². The lowest BCUT2D eigenvalue weighted by molar-refractivity contribution is -0.139. The van der Waals surface area contributed by atoms with Crippen molar-refractivity contribution in [2.45, 2.75) is 63.1 Å². The van der Waals surface area contributed by atoms with Gasteiger partial charge >= 0.3 is 0 Å². The number of sulfonamides is 1. The second kappa shape index (κ2) is 14.3. The summed E-state index contributed by atoms with van der Waals surface area (Å²) in [6.45, 7) is 3.18. The van der Waals surface area contributed by atoms with Gasteiger partial charge in [-0.1, -0.05) is 42.7 Å². The van der Waals surface area contributed by atoms with E-state index in [0.717, 1.165) is 41.1 Å². The van der Waals surface area contributed by atoms with Crippen LogP contribution in [0.4, 0.5) is 5.69 Å². The first kappa shape index (κ1) is 32.3. The highest BCUT2D eigenvalue weighted by atomic mass is 79.9. The standard InChI is InChI=1S/C32H38BrN3O6S/c1-22-9-13-26(14-10-22)36(43(39,40)28-17-18-30(42-4)29(33)19-28)21-31(37)35(20-24-11-15-27(41-3)16-12-24)23(2)32(38)34-25-7-5-6-8-25/h9-19,23,25H,5-8,20-21H2,1-4H3,(H,34,38)/t23-/m0/s1. The van der Waals surface area contributed by atoms with Crippen LogP contribution in [-0.2, 0) is 26.2 Å². The summed E-state index contributed by atoms with van der Waals surface area (Å²) in [6.07, 6.45) is 3.92. The van der Waals surface area contributed by atoms with Crippen molar-refractivity contribution in [3.8, 4) is 11.5 Å². The van der Waals surface area contributed by atoms with E-state index in [2.05, 4.69) is 21.2 Å². The third-order valence-corrected chi connectivity index (χ3v) is 10.1. The molecule has 1 aliphatic rings. The number of halogens is 1. The largest absolute Gasteiger partial charge is 0.497 e. The lowest BCUT2D eigenvalue weighted by Crippen LogP contribution is -2.52. The predicted octanol–water partition coefficient (Wildman–Crippen LogP) is 5.45. The Morgan fingerprint density at radius 2 is 1.63 bits per heavy atom. The van der Waals surface area contributed by atoms with Crippen LogP contribution in [0.3, 0.4) is 0 Å². The SMILES string of the molecule is COc1ccc(CN(C(=O)CN(c2ccc(C)cc2)S(=O)(=O)c2ccc(OC)c(Br)c2)[C@@H](C)C(=O)NC2CCCC2)cc1. The molecule has 0 aromatic heterocycles. The maximum atomic E-state index is 14.1. The quantitative estimate of drug-likeness (QED) is 0.275. The molecule has 230 valence electrons. The Bertz CT molecular complexity index is 1520. The number of amides is 2. The van der Waals surface area contributed by atoms with Crippen molar-refractivity contribution in [2.24, 2.45) is 0 Å². The van der Waals surface area contributed by atoms with Crippen LogP contribution in [-0.4, -0.2) is 58.0 Å². The fourth-order valence-corrected chi connectivity index (χ4v) is 7.21. The maximum Gasteiger partial charge on any atom is 0.264 e. The molecule has 9 nitrogen and oxygen atoms in total. The van der Waals surface area contributed by atoms with Crippen LogP contribution in [0, 0.1) is 6.92 Å². The smallest absolute Gasteiger partial charge is 0.264 e. The maximum absolute atomic E-state index is 14.1. The number of anilines is 1. The molecule has 0 bridgehead atoms. The van der Waals surface area contributed by atoms with Gasteiger partial charge < -0.3 is 19.7 Å². The Hall–Kier alpha value is -3.57. The van der Waals surface area contributed by atoms with Gasteiger partial charge in [-0.25, -0.2) is 8.42 Å². The number of ether oxygens (including phenoxy) is 2. The lowest BCUT2D eigenvalue weighted by atomic mass is 10.1. The van der Waals surface area contributed by atoms with Gasteiger partial charge in [-0.15, -0.1) is 0 Å². The molecule has 0 aliphatic heterocycles. The molecule has 4 rings (SSSR count). The first-order valence-corrected chi connectivity index (χ1v) is 16.4. The zero-order chi connectivity index (χ0) is 31.1. The summed E-state index contributed by atoms with van der Waals surface area (Å²) in [5.74, 6) is 0.361. The molecular formula is C32H38BrN3O6S. The number of hydrogen-bond acceptors (Lipinski definition) is 6. The van der Waals surface area contributed by atoms with Gasteiger partial charge in [-0.2, -0.15) is 0 Å². The molecule has 43 heavy (non-hydrogen) atoms. The summed E-state index contributed by atoms with van der Waals surface area (Å²) in [5, 5.41) is 3.08. The Kier molecular flexibility index (Phi) is 10.7. The van der Waals surface area contributed by atoms with Crippen molar-refractivity contribution in [2.75, 3.05) is 25.1 Å². The van der Waals surface area contributed by atoms with Gasteiger partial charge in [-0.3, -0.25) is 13.9 Å². The molecule has 1 fully saturated rings. The molecule has 0 spiro atoms. The van der Waals surface area contributed by atoms with Crippen LogP contribution in [0.15, 0.2) is 76.1 Å². The minimum atomic E-state index is -4.21. The van der Waals surface area contributed by atoms with Gasteiger partial charge in [0.05, 0.1) is 29.3 Å². The first-order valence-electron chi connectivity index (χ1n) is 14.2. The Morgan fingerprint density at radius 1 is 0.977 bits per heavy atom. The van der Waals surface area contributed by atoms with Crippen LogP contribution in [0.1, 0.15) is 43.7 Å². The zero-order valence-electron chi connectivity index (χ0n) is 24.9. The zero-order valence-corrected chi connectivity index (χ0v) is 27.3. The lowest BCUT2D eigenvalue weighted by Gasteiger charge is -2.32. The predicted molar refractivity (Wildman–Crippen MR) is 170 cm³/mol. The van der Waals surface area contributed by atoms with E-state index in [1.165, 1.54) is 24.1 Å². The fourth-order valence-electron chi connectivity index (χ4n) is 5.08. The van der Waals surface area contributed by atoms with Crippen molar-refractivity contribution < 1.29 is 27.5 Å². The molecule has 0 radical (unpaired) electrons. The second-order valence-corrected chi connectivity index (χ2v) is 13.4. The number of hydrogen-bond donors (Lipinski definition) is 1. The number of rotatable bonds is 12. The van der Waals surface area contributed by atoms with Gasteiger partial charge in [0.2, 0.25) is 11.8 Å². The van der Waals surface area contributed by atoms with Gasteiger partial charge in [0, 0.05) is 12.6 Å². The highest BCUT2D eigenvalue weighted by molar-refractivity contribution is 9.10. The first-order chi connectivity index (χ1) is 20.5. The minimum absolute atomic E-state index is 0.0118.